The molecule has 0 fully saturated rings. The molecule has 7 heteroatoms. The molecule has 0 spiro atoms. The van der Waals surface area contributed by atoms with Crippen LogP contribution in [0.2, 0.25) is 0 Å². The summed E-state index contributed by atoms with van der Waals surface area (Å²) < 4.78 is 10.9. The Morgan fingerprint density at radius 2 is 1.71 bits per heavy atom. The lowest BCUT2D eigenvalue weighted by atomic mass is 10.1. The van der Waals surface area contributed by atoms with Crippen molar-refractivity contribution in [1.29, 1.82) is 0 Å². The third-order valence-corrected chi connectivity index (χ3v) is 3.27. The highest BCUT2D eigenvalue weighted by atomic mass is 16.6. The number of aliphatic carboxylic acids is 2. The fraction of sp³-hybridized carbons (Fsp3) is 0.429. The molecule has 1 heterocycles. The fourth-order valence-corrected chi connectivity index (χ4v) is 2.21. The Balaban J connectivity index is 2.20. The number of carboxylic acids is 2. The first kappa shape index (κ1) is 15.1. The number of benzene rings is 1. The van der Waals surface area contributed by atoms with Crippen molar-refractivity contribution < 1.29 is 29.3 Å². The van der Waals surface area contributed by atoms with Crippen LogP contribution in [0, 0.1) is 0 Å². The molecule has 0 saturated heterocycles. The molecule has 2 rings (SSSR count). The predicted octanol–water partition coefficient (Wildman–Crippen LogP) is 0.990. The van der Waals surface area contributed by atoms with E-state index >= 15 is 0 Å². The maximum absolute atomic E-state index is 10.9. The topological polar surface area (TPSA) is 96.3 Å². The Bertz CT molecular complexity index is 528. The Hall–Kier alpha value is -2.28. The van der Waals surface area contributed by atoms with Gasteiger partial charge in [-0.25, -0.2) is 0 Å². The zero-order chi connectivity index (χ0) is 15.4. The highest BCUT2D eigenvalue weighted by molar-refractivity contribution is 5.72. The van der Waals surface area contributed by atoms with Crippen LogP contribution in [0.3, 0.4) is 0 Å². The van der Waals surface area contributed by atoms with Gasteiger partial charge in [0, 0.05) is 6.04 Å². The van der Waals surface area contributed by atoms with Crippen molar-refractivity contribution in [2.75, 3.05) is 26.3 Å². The third-order valence-electron chi connectivity index (χ3n) is 3.27. The maximum atomic E-state index is 10.9. The van der Waals surface area contributed by atoms with Gasteiger partial charge in [-0.2, -0.15) is 0 Å². The predicted molar refractivity (Wildman–Crippen MR) is 72.7 cm³/mol. The molecule has 0 saturated carbocycles. The van der Waals surface area contributed by atoms with Gasteiger partial charge < -0.3 is 19.7 Å². The minimum Gasteiger partial charge on any atom is -0.486 e. The SMILES string of the molecule is CC(c1ccc2c(c1)OCCO2)N(CC(=O)O)CC(=O)O. The highest BCUT2D eigenvalue weighted by Gasteiger charge is 2.22. The smallest absolute Gasteiger partial charge is 0.317 e. The van der Waals surface area contributed by atoms with Crippen LogP contribution in [0.4, 0.5) is 0 Å². The zero-order valence-electron chi connectivity index (χ0n) is 11.6. The van der Waals surface area contributed by atoms with Gasteiger partial charge in [0.25, 0.3) is 0 Å². The summed E-state index contributed by atoms with van der Waals surface area (Å²) in [5.41, 5.74) is 0.779. The summed E-state index contributed by atoms with van der Waals surface area (Å²) in [7, 11) is 0. The number of ether oxygens (including phenoxy) is 2. The van der Waals surface area contributed by atoms with E-state index in [1.165, 1.54) is 4.90 Å². The van der Waals surface area contributed by atoms with Gasteiger partial charge >= 0.3 is 11.9 Å². The largest absolute Gasteiger partial charge is 0.486 e. The first-order valence-electron chi connectivity index (χ1n) is 6.54. The van der Waals surface area contributed by atoms with Crippen LogP contribution in [-0.4, -0.2) is 53.4 Å². The molecule has 0 aliphatic carbocycles. The Morgan fingerprint density at radius 1 is 1.14 bits per heavy atom. The quantitative estimate of drug-likeness (QED) is 0.807. The van der Waals surface area contributed by atoms with E-state index in [-0.39, 0.29) is 19.1 Å². The van der Waals surface area contributed by atoms with E-state index in [2.05, 4.69) is 0 Å². The molecule has 2 N–H and O–H groups in total. The summed E-state index contributed by atoms with van der Waals surface area (Å²) in [6.07, 6.45) is 0. The molecule has 114 valence electrons. The zero-order valence-corrected chi connectivity index (χ0v) is 11.6. The lowest BCUT2D eigenvalue weighted by Gasteiger charge is -2.27. The van der Waals surface area contributed by atoms with Crippen molar-refractivity contribution in [3.8, 4) is 11.5 Å². The van der Waals surface area contributed by atoms with Gasteiger partial charge in [0.2, 0.25) is 0 Å². The van der Waals surface area contributed by atoms with Crippen molar-refractivity contribution in [3.63, 3.8) is 0 Å². The first-order valence-corrected chi connectivity index (χ1v) is 6.54. The summed E-state index contributed by atoms with van der Waals surface area (Å²) in [6, 6.07) is 4.93. The van der Waals surface area contributed by atoms with Crippen molar-refractivity contribution in [2.24, 2.45) is 0 Å². The second kappa shape index (κ2) is 6.45. The molecule has 0 bridgehead atoms. The van der Waals surface area contributed by atoms with Gasteiger partial charge in [-0.3, -0.25) is 14.5 Å². The van der Waals surface area contributed by atoms with E-state index < -0.39 is 11.9 Å². The number of fused-ring (bicyclic) bond motifs is 1. The summed E-state index contributed by atoms with van der Waals surface area (Å²) >= 11 is 0. The summed E-state index contributed by atoms with van der Waals surface area (Å²) in [5.74, 6) is -0.905. The normalized spacial score (nSPS) is 14.8. The average Bonchev–Trinajstić information content (AvgIpc) is 2.44. The molecule has 0 radical (unpaired) electrons. The molecule has 7 nitrogen and oxygen atoms in total. The molecule has 1 aromatic carbocycles. The molecule has 1 aromatic rings. The van der Waals surface area contributed by atoms with Crippen molar-refractivity contribution in [1.82, 2.24) is 4.90 Å². The molecule has 0 aromatic heterocycles. The Labute approximate surface area is 121 Å². The summed E-state index contributed by atoms with van der Waals surface area (Å²) in [5, 5.41) is 17.8. The lowest BCUT2D eigenvalue weighted by Crippen LogP contribution is -2.36. The van der Waals surface area contributed by atoms with Crippen LogP contribution in [0.15, 0.2) is 18.2 Å². The number of carboxylic acid groups (broad SMARTS) is 2. The second-order valence-electron chi connectivity index (χ2n) is 4.77. The molecular weight excluding hydrogens is 278 g/mol. The minimum atomic E-state index is -1.07. The van der Waals surface area contributed by atoms with Gasteiger partial charge in [0.05, 0.1) is 13.1 Å². The average molecular weight is 295 g/mol. The minimum absolute atomic E-state index is 0.345. The monoisotopic (exact) mass is 295 g/mol. The van der Waals surface area contributed by atoms with Crippen molar-refractivity contribution in [3.05, 3.63) is 23.8 Å². The van der Waals surface area contributed by atoms with Crippen LogP contribution in [-0.2, 0) is 9.59 Å². The lowest BCUT2D eigenvalue weighted by molar-refractivity contribution is -0.142. The van der Waals surface area contributed by atoms with E-state index in [4.69, 9.17) is 19.7 Å². The van der Waals surface area contributed by atoms with Gasteiger partial charge in [-0.1, -0.05) is 6.07 Å². The van der Waals surface area contributed by atoms with Crippen LogP contribution in [0.1, 0.15) is 18.5 Å². The van der Waals surface area contributed by atoms with Crippen molar-refractivity contribution in [2.45, 2.75) is 13.0 Å². The molecule has 1 aliphatic rings. The first-order chi connectivity index (χ1) is 9.97. The van der Waals surface area contributed by atoms with Gasteiger partial charge in [0.15, 0.2) is 11.5 Å². The molecule has 1 atom stereocenters. The van der Waals surface area contributed by atoms with Crippen LogP contribution < -0.4 is 9.47 Å². The molecule has 1 aliphatic heterocycles. The van der Waals surface area contributed by atoms with E-state index in [9.17, 15) is 9.59 Å². The maximum Gasteiger partial charge on any atom is 0.317 e. The van der Waals surface area contributed by atoms with E-state index in [1.54, 1.807) is 25.1 Å². The third kappa shape index (κ3) is 3.85. The number of nitrogens with zero attached hydrogens (tertiary/aromatic N) is 1. The number of rotatable bonds is 6. The molecule has 1 unspecified atom stereocenters. The van der Waals surface area contributed by atoms with Crippen LogP contribution in [0.25, 0.3) is 0 Å². The standard InChI is InChI=1S/C14H17NO6/c1-9(15(7-13(16)17)8-14(18)19)10-2-3-11-12(6-10)21-5-4-20-11/h2-3,6,9H,4-5,7-8H2,1H3,(H,16,17)(H,18,19). The van der Waals surface area contributed by atoms with Gasteiger partial charge in [-0.05, 0) is 24.6 Å². The van der Waals surface area contributed by atoms with Crippen molar-refractivity contribution >= 4 is 11.9 Å². The molecule has 0 amide bonds. The van der Waals surface area contributed by atoms with Crippen LogP contribution >= 0.6 is 0 Å². The number of hydrogen-bond acceptors (Lipinski definition) is 5. The number of hydrogen-bond donors (Lipinski definition) is 2. The molecule has 21 heavy (non-hydrogen) atoms. The van der Waals surface area contributed by atoms with Crippen LogP contribution in [0.5, 0.6) is 11.5 Å². The van der Waals surface area contributed by atoms with E-state index in [0.717, 1.165) is 5.56 Å². The molecular formula is C14H17NO6. The van der Waals surface area contributed by atoms with E-state index in [1.807, 2.05) is 0 Å². The highest BCUT2D eigenvalue weighted by Crippen LogP contribution is 2.33. The van der Waals surface area contributed by atoms with Gasteiger partial charge in [0.1, 0.15) is 13.2 Å². The Kier molecular flexibility index (Phi) is 4.64. The fourth-order valence-electron chi connectivity index (χ4n) is 2.21. The summed E-state index contributed by atoms with van der Waals surface area (Å²) in [6.45, 7) is 2.02. The Morgan fingerprint density at radius 3 is 2.29 bits per heavy atom. The summed E-state index contributed by atoms with van der Waals surface area (Å²) in [4.78, 5) is 23.1. The number of carbonyl (C=O) groups is 2. The second-order valence-corrected chi connectivity index (χ2v) is 4.77. The van der Waals surface area contributed by atoms with Gasteiger partial charge in [-0.15, -0.1) is 0 Å². The van der Waals surface area contributed by atoms with E-state index in [0.29, 0.717) is 24.7 Å².